The molecule has 0 aliphatic rings. The van der Waals surface area contributed by atoms with Gasteiger partial charge in [0.05, 0.1) is 0 Å². The van der Waals surface area contributed by atoms with Crippen molar-refractivity contribution in [1.82, 2.24) is 7.96 Å². The van der Waals surface area contributed by atoms with Gasteiger partial charge in [-0.3, -0.25) is 0 Å². The van der Waals surface area contributed by atoms with E-state index < -0.39 is 0 Å². The Balaban J connectivity index is 1.92. The van der Waals surface area contributed by atoms with Gasteiger partial charge >= 0.3 is 105 Å². The molecular formula is C12H11N3OSe. The molecule has 1 aromatic carbocycles. The summed E-state index contributed by atoms with van der Waals surface area (Å²) < 4.78 is 14.2. The standard InChI is InChI=1S/C12H11N3OSe/c1-8(11-6-3-7-16-11)13-9-4-2-5-10-12(9)15-17-14-10/h2-8,13H,1H3. The molecule has 3 rings (SSSR count). The average Bonchev–Trinajstić information content (AvgIpc) is 3.00. The average molecular weight is 292 g/mol. The third-order valence-corrected chi connectivity index (χ3v) is 3.77. The molecule has 0 amide bonds. The number of aromatic nitrogens is 2. The molecule has 5 heteroatoms. The molecule has 3 aromatic rings. The third-order valence-electron chi connectivity index (χ3n) is 2.63. The maximum absolute atomic E-state index is 5.37. The minimum atomic E-state index is 0.00797. The molecule has 2 heterocycles. The quantitative estimate of drug-likeness (QED) is 0.753. The number of furan rings is 1. The van der Waals surface area contributed by atoms with Crippen LogP contribution in [0.1, 0.15) is 18.7 Å². The Bertz CT molecular complexity index is 618. The molecule has 0 saturated heterocycles. The van der Waals surface area contributed by atoms with Crippen molar-refractivity contribution in [1.29, 1.82) is 0 Å². The summed E-state index contributed by atoms with van der Waals surface area (Å²) in [5.41, 5.74) is 2.99. The van der Waals surface area contributed by atoms with E-state index in [4.69, 9.17) is 4.42 Å². The number of anilines is 1. The molecule has 0 aliphatic carbocycles. The van der Waals surface area contributed by atoms with Crippen molar-refractivity contribution in [3.05, 3.63) is 42.4 Å². The van der Waals surface area contributed by atoms with Crippen molar-refractivity contribution in [2.45, 2.75) is 13.0 Å². The van der Waals surface area contributed by atoms with Crippen LogP contribution in [0.3, 0.4) is 0 Å². The Morgan fingerprint density at radius 3 is 3.00 bits per heavy atom. The van der Waals surface area contributed by atoms with E-state index in [1.54, 1.807) is 6.26 Å². The second-order valence-corrected chi connectivity index (χ2v) is 4.93. The second-order valence-electron chi connectivity index (χ2n) is 3.82. The first kappa shape index (κ1) is 10.6. The summed E-state index contributed by atoms with van der Waals surface area (Å²) in [6, 6.07) is 10.0. The number of rotatable bonds is 3. The second kappa shape index (κ2) is 4.35. The molecular weight excluding hydrogens is 281 g/mol. The molecule has 1 unspecified atom stereocenters. The molecule has 0 fully saturated rings. The number of hydrogen-bond acceptors (Lipinski definition) is 4. The van der Waals surface area contributed by atoms with E-state index in [1.807, 2.05) is 30.3 Å². The van der Waals surface area contributed by atoms with Gasteiger partial charge in [-0.05, 0) is 0 Å². The van der Waals surface area contributed by atoms with Crippen molar-refractivity contribution in [2.24, 2.45) is 0 Å². The van der Waals surface area contributed by atoms with Gasteiger partial charge < -0.3 is 0 Å². The van der Waals surface area contributed by atoms with E-state index in [9.17, 15) is 0 Å². The van der Waals surface area contributed by atoms with Gasteiger partial charge in [-0.25, -0.2) is 0 Å². The van der Waals surface area contributed by atoms with Crippen molar-refractivity contribution in [3.8, 4) is 0 Å². The predicted molar refractivity (Wildman–Crippen MR) is 67.2 cm³/mol. The van der Waals surface area contributed by atoms with Crippen LogP contribution in [0.2, 0.25) is 0 Å². The SMILES string of the molecule is CC(Nc1cccc2n[se]nc12)c1ccco1. The monoisotopic (exact) mass is 293 g/mol. The van der Waals surface area contributed by atoms with Crippen molar-refractivity contribution in [2.75, 3.05) is 5.32 Å². The Kier molecular flexibility index (Phi) is 2.71. The molecule has 0 aliphatic heterocycles. The Hall–Kier alpha value is -1.58. The zero-order valence-corrected chi connectivity index (χ0v) is 11.0. The van der Waals surface area contributed by atoms with E-state index in [0.29, 0.717) is 0 Å². The van der Waals surface area contributed by atoms with Gasteiger partial charge in [0.2, 0.25) is 0 Å². The first-order valence-electron chi connectivity index (χ1n) is 5.36. The van der Waals surface area contributed by atoms with Crippen molar-refractivity contribution < 1.29 is 4.42 Å². The molecule has 0 saturated carbocycles. The predicted octanol–water partition coefficient (Wildman–Crippen LogP) is 2.45. The Labute approximate surface area is 105 Å². The first-order valence-corrected chi connectivity index (χ1v) is 6.89. The van der Waals surface area contributed by atoms with Gasteiger partial charge in [-0.1, -0.05) is 0 Å². The summed E-state index contributed by atoms with van der Waals surface area (Å²) >= 11 is 0.00797. The first-order chi connectivity index (χ1) is 8.34. The number of hydrogen-bond donors (Lipinski definition) is 1. The number of nitrogens with zero attached hydrogens (tertiary/aromatic N) is 2. The molecule has 4 nitrogen and oxygen atoms in total. The zero-order chi connectivity index (χ0) is 11.7. The summed E-state index contributed by atoms with van der Waals surface area (Å²) in [5.74, 6) is 0.919. The normalized spacial score (nSPS) is 12.8. The fourth-order valence-electron chi connectivity index (χ4n) is 1.76. The summed E-state index contributed by atoms with van der Waals surface area (Å²) in [7, 11) is 0. The zero-order valence-electron chi connectivity index (χ0n) is 9.25. The molecule has 0 bridgehead atoms. The molecule has 0 radical (unpaired) electrons. The van der Waals surface area contributed by atoms with Gasteiger partial charge in [0.1, 0.15) is 0 Å². The third kappa shape index (κ3) is 1.99. The molecule has 0 spiro atoms. The maximum atomic E-state index is 5.37. The van der Waals surface area contributed by atoms with E-state index in [-0.39, 0.29) is 21.0 Å². The molecule has 17 heavy (non-hydrogen) atoms. The van der Waals surface area contributed by atoms with Gasteiger partial charge in [-0.15, -0.1) is 0 Å². The number of fused-ring (bicyclic) bond motifs is 1. The van der Waals surface area contributed by atoms with Crippen LogP contribution in [0.15, 0.2) is 41.0 Å². The van der Waals surface area contributed by atoms with Crippen LogP contribution in [-0.2, 0) is 0 Å². The van der Waals surface area contributed by atoms with E-state index in [1.165, 1.54) is 0 Å². The van der Waals surface area contributed by atoms with Crippen LogP contribution in [0.25, 0.3) is 11.0 Å². The Morgan fingerprint density at radius 2 is 2.18 bits per heavy atom. The van der Waals surface area contributed by atoms with Gasteiger partial charge in [0.15, 0.2) is 0 Å². The van der Waals surface area contributed by atoms with E-state index >= 15 is 0 Å². The minimum absolute atomic E-state index is 0.00797. The summed E-state index contributed by atoms with van der Waals surface area (Å²) in [5, 5.41) is 3.41. The van der Waals surface area contributed by atoms with Gasteiger partial charge in [0.25, 0.3) is 0 Å². The van der Waals surface area contributed by atoms with Gasteiger partial charge in [0, 0.05) is 0 Å². The summed E-state index contributed by atoms with van der Waals surface area (Å²) in [4.78, 5) is 0. The number of benzene rings is 1. The van der Waals surface area contributed by atoms with Crippen LogP contribution in [0, 0.1) is 0 Å². The number of nitrogens with one attached hydrogen (secondary N) is 1. The summed E-state index contributed by atoms with van der Waals surface area (Å²) in [6.45, 7) is 2.06. The topological polar surface area (TPSA) is 51.0 Å². The van der Waals surface area contributed by atoms with E-state index in [2.05, 4.69) is 20.2 Å². The van der Waals surface area contributed by atoms with E-state index in [0.717, 1.165) is 22.5 Å². The van der Waals surface area contributed by atoms with Crippen LogP contribution < -0.4 is 5.32 Å². The van der Waals surface area contributed by atoms with Crippen LogP contribution >= 0.6 is 0 Å². The molecule has 1 atom stereocenters. The van der Waals surface area contributed by atoms with Crippen LogP contribution in [-0.4, -0.2) is 22.9 Å². The van der Waals surface area contributed by atoms with Crippen molar-refractivity contribution in [3.63, 3.8) is 0 Å². The molecule has 86 valence electrons. The fraction of sp³-hybridized carbons (Fsp3) is 0.167. The fourth-order valence-corrected chi connectivity index (χ4v) is 2.92. The van der Waals surface area contributed by atoms with Crippen LogP contribution in [0.4, 0.5) is 5.69 Å². The molecule has 2 aromatic heterocycles. The van der Waals surface area contributed by atoms with Gasteiger partial charge in [-0.2, -0.15) is 0 Å². The van der Waals surface area contributed by atoms with Crippen LogP contribution in [0.5, 0.6) is 0 Å². The van der Waals surface area contributed by atoms with Crippen molar-refractivity contribution >= 4 is 31.7 Å². The summed E-state index contributed by atoms with van der Waals surface area (Å²) in [6.07, 6.45) is 1.69. The molecule has 1 N–H and O–H groups in total. The Morgan fingerprint density at radius 1 is 1.24 bits per heavy atom.